The molecule has 21 heavy (non-hydrogen) atoms. The molecule has 1 amide bonds. The summed E-state index contributed by atoms with van der Waals surface area (Å²) in [4.78, 5) is 23.8. The summed E-state index contributed by atoms with van der Waals surface area (Å²) in [5.41, 5.74) is 0.568. The lowest BCUT2D eigenvalue weighted by molar-refractivity contribution is -0.143. The topological polar surface area (TPSA) is 75.6 Å². The Balaban J connectivity index is 2.11. The number of nitrogens with one attached hydrogen (secondary N) is 1. The van der Waals surface area contributed by atoms with Crippen LogP contribution < -0.4 is 5.32 Å². The first kappa shape index (κ1) is 15.5. The molecule has 1 saturated heterocycles. The Morgan fingerprint density at radius 3 is 2.52 bits per heavy atom. The zero-order valence-corrected chi connectivity index (χ0v) is 12.3. The lowest BCUT2D eigenvalue weighted by Gasteiger charge is -2.23. The number of ether oxygens (including phenoxy) is 1. The van der Waals surface area contributed by atoms with Crippen LogP contribution in [-0.2, 0) is 14.3 Å². The molecule has 0 radical (unpaired) electrons. The van der Waals surface area contributed by atoms with Gasteiger partial charge in [0.05, 0.1) is 12.0 Å². The van der Waals surface area contributed by atoms with Crippen molar-refractivity contribution in [2.75, 3.05) is 6.61 Å². The number of carbonyl (C=O) groups is 2. The zero-order valence-electron chi connectivity index (χ0n) is 12.3. The Morgan fingerprint density at radius 2 is 1.95 bits per heavy atom. The van der Waals surface area contributed by atoms with Gasteiger partial charge >= 0.3 is 5.97 Å². The Labute approximate surface area is 124 Å². The van der Waals surface area contributed by atoms with Gasteiger partial charge in [-0.3, -0.25) is 4.79 Å². The summed E-state index contributed by atoms with van der Waals surface area (Å²) in [6, 6.07) is 7.70. The van der Waals surface area contributed by atoms with Crippen LogP contribution >= 0.6 is 0 Å². The van der Waals surface area contributed by atoms with Gasteiger partial charge in [0.15, 0.2) is 6.04 Å². The number of aliphatic carboxylic acids is 1. The van der Waals surface area contributed by atoms with Crippen molar-refractivity contribution in [1.82, 2.24) is 5.32 Å². The summed E-state index contributed by atoms with van der Waals surface area (Å²) in [6.45, 7) is 4.55. The van der Waals surface area contributed by atoms with Crippen LogP contribution in [0.4, 0.5) is 0 Å². The highest BCUT2D eigenvalue weighted by molar-refractivity contribution is 5.86. The van der Waals surface area contributed by atoms with E-state index in [1.165, 1.54) is 0 Å². The Bertz CT molecular complexity index is 500. The van der Waals surface area contributed by atoms with Crippen LogP contribution in [0, 0.1) is 11.8 Å². The standard InChI is InChI=1S/C16H21NO4/c1-10(2)14-12(8-9-21-14)15(18)17-13(16(19)20)11-6-4-3-5-7-11/h3-7,10,12-14H,8-9H2,1-2H3,(H,17,18)(H,19,20)/t12?,13-,14?/m1/s1. The molecular weight excluding hydrogens is 270 g/mol. The van der Waals surface area contributed by atoms with Crippen molar-refractivity contribution < 1.29 is 19.4 Å². The molecule has 1 aliphatic rings. The number of hydrogen-bond donors (Lipinski definition) is 2. The highest BCUT2D eigenvalue weighted by Crippen LogP contribution is 2.27. The third-order valence-corrected chi connectivity index (χ3v) is 3.80. The smallest absolute Gasteiger partial charge is 0.330 e. The van der Waals surface area contributed by atoms with E-state index in [1.54, 1.807) is 24.3 Å². The van der Waals surface area contributed by atoms with E-state index in [9.17, 15) is 14.7 Å². The number of carbonyl (C=O) groups excluding carboxylic acids is 1. The molecule has 0 spiro atoms. The number of benzene rings is 1. The van der Waals surface area contributed by atoms with E-state index in [-0.39, 0.29) is 23.8 Å². The van der Waals surface area contributed by atoms with Gasteiger partial charge in [0.2, 0.25) is 5.91 Å². The summed E-state index contributed by atoms with van der Waals surface area (Å²) in [5.74, 6) is -1.36. The lowest BCUT2D eigenvalue weighted by Crippen LogP contribution is -2.41. The van der Waals surface area contributed by atoms with Gasteiger partial charge in [-0.25, -0.2) is 4.79 Å². The van der Waals surface area contributed by atoms with E-state index < -0.39 is 12.0 Å². The number of rotatable bonds is 5. The van der Waals surface area contributed by atoms with Crippen LogP contribution in [0.3, 0.4) is 0 Å². The van der Waals surface area contributed by atoms with E-state index in [1.807, 2.05) is 19.9 Å². The van der Waals surface area contributed by atoms with Gasteiger partial charge in [0.1, 0.15) is 0 Å². The van der Waals surface area contributed by atoms with Crippen molar-refractivity contribution in [3.05, 3.63) is 35.9 Å². The molecule has 5 nitrogen and oxygen atoms in total. The van der Waals surface area contributed by atoms with E-state index in [4.69, 9.17) is 4.74 Å². The summed E-state index contributed by atoms with van der Waals surface area (Å²) in [6.07, 6.45) is 0.491. The maximum absolute atomic E-state index is 12.4. The normalized spacial score (nSPS) is 23.0. The fourth-order valence-corrected chi connectivity index (χ4v) is 2.73. The molecule has 3 atom stereocenters. The molecule has 2 unspecified atom stereocenters. The molecule has 0 aromatic heterocycles. The second-order valence-corrected chi connectivity index (χ2v) is 5.67. The minimum absolute atomic E-state index is 0.143. The Hall–Kier alpha value is -1.88. The average molecular weight is 291 g/mol. The minimum atomic E-state index is -1.06. The minimum Gasteiger partial charge on any atom is -0.479 e. The van der Waals surface area contributed by atoms with Gasteiger partial charge in [0.25, 0.3) is 0 Å². The first-order chi connectivity index (χ1) is 10.0. The van der Waals surface area contributed by atoms with E-state index >= 15 is 0 Å². The summed E-state index contributed by atoms with van der Waals surface area (Å²) >= 11 is 0. The Kier molecular flexibility index (Phi) is 4.96. The predicted molar refractivity (Wildman–Crippen MR) is 77.6 cm³/mol. The number of carboxylic acid groups (broad SMARTS) is 1. The molecule has 0 aliphatic carbocycles. The molecule has 1 heterocycles. The average Bonchev–Trinajstić information content (AvgIpc) is 2.94. The van der Waals surface area contributed by atoms with Gasteiger partial charge in [-0.05, 0) is 17.9 Å². The highest BCUT2D eigenvalue weighted by atomic mass is 16.5. The predicted octanol–water partition coefficient (Wildman–Crippen LogP) is 1.99. The first-order valence-electron chi connectivity index (χ1n) is 7.20. The van der Waals surface area contributed by atoms with Crippen LogP contribution in [0.1, 0.15) is 31.9 Å². The molecule has 2 rings (SSSR count). The van der Waals surface area contributed by atoms with Gasteiger partial charge in [-0.1, -0.05) is 44.2 Å². The summed E-state index contributed by atoms with van der Waals surface area (Å²) < 4.78 is 5.59. The monoisotopic (exact) mass is 291 g/mol. The first-order valence-corrected chi connectivity index (χ1v) is 7.20. The van der Waals surface area contributed by atoms with Gasteiger partial charge in [-0.2, -0.15) is 0 Å². The second kappa shape index (κ2) is 6.72. The summed E-state index contributed by atoms with van der Waals surface area (Å²) in [5, 5.41) is 12.0. The van der Waals surface area contributed by atoms with Crippen molar-refractivity contribution in [3.8, 4) is 0 Å². The van der Waals surface area contributed by atoms with E-state index in [0.29, 0.717) is 18.6 Å². The molecular formula is C16H21NO4. The van der Waals surface area contributed by atoms with Crippen LogP contribution in [-0.4, -0.2) is 29.7 Å². The maximum Gasteiger partial charge on any atom is 0.330 e. The highest BCUT2D eigenvalue weighted by Gasteiger charge is 2.37. The number of hydrogen-bond acceptors (Lipinski definition) is 3. The van der Waals surface area contributed by atoms with Crippen LogP contribution in [0.5, 0.6) is 0 Å². The van der Waals surface area contributed by atoms with E-state index in [2.05, 4.69) is 5.32 Å². The number of amides is 1. The molecule has 0 saturated carbocycles. The molecule has 1 aromatic carbocycles. The van der Waals surface area contributed by atoms with Crippen LogP contribution in [0.25, 0.3) is 0 Å². The number of carboxylic acids is 1. The fraction of sp³-hybridized carbons (Fsp3) is 0.500. The quantitative estimate of drug-likeness (QED) is 0.870. The van der Waals surface area contributed by atoms with Crippen molar-refractivity contribution in [2.24, 2.45) is 11.8 Å². The molecule has 2 N–H and O–H groups in total. The van der Waals surface area contributed by atoms with Gasteiger partial charge in [0, 0.05) is 6.61 Å². The van der Waals surface area contributed by atoms with Crippen LogP contribution in [0.2, 0.25) is 0 Å². The third kappa shape index (κ3) is 3.61. The SMILES string of the molecule is CC(C)C1OCCC1C(=O)N[C@@H](C(=O)O)c1ccccc1. The van der Waals surface area contributed by atoms with Crippen molar-refractivity contribution in [1.29, 1.82) is 0 Å². The maximum atomic E-state index is 12.4. The van der Waals surface area contributed by atoms with Crippen molar-refractivity contribution in [2.45, 2.75) is 32.4 Å². The molecule has 1 aliphatic heterocycles. The lowest BCUT2D eigenvalue weighted by atomic mass is 9.92. The fourth-order valence-electron chi connectivity index (χ4n) is 2.73. The molecule has 1 aromatic rings. The zero-order chi connectivity index (χ0) is 15.4. The van der Waals surface area contributed by atoms with Crippen LogP contribution in [0.15, 0.2) is 30.3 Å². The molecule has 5 heteroatoms. The molecule has 0 bridgehead atoms. The van der Waals surface area contributed by atoms with Gasteiger partial charge in [-0.15, -0.1) is 0 Å². The van der Waals surface area contributed by atoms with Gasteiger partial charge < -0.3 is 15.2 Å². The van der Waals surface area contributed by atoms with Crippen molar-refractivity contribution in [3.63, 3.8) is 0 Å². The largest absolute Gasteiger partial charge is 0.479 e. The Morgan fingerprint density at radius 1 is 1.29 bits per heavy atom. The molecule has 1 fully saturated rings. The third-order valence-electron chi connectivity index (χ3n) is 3.80. The van der Waals surface area contributed by atoms with E-state index in [0.717, 1.165) is 0 Å². The molecule has 114 valence electrons. The van der Waals surface area contributed by atoms with Crippen molar-refractivity contribution >= 4 is 11.9 Å². The second-order valence-electron chi connectivity index (χ2n) is 5.67. The summed E-state index contributed by atoms with van der Waals surface area (Å²) in [7, 11) is 0.